The van der Waals surface area contributed by atoms with Crippen molar-refractivity contribution in [2.75, 3.05) is 19.0 Å². The maximum atomic E-state index is 5.67. The second kappa shape index (κ2) is 4.32. The molecule has 0 radical (unpaired) electrons. The molecule has 0 spiro atoms. The van der Waals surface area contributed by atoms with Crippen molar-refractivity contribution in [2.45, 2.75) is 12.5 Å². The molecule has 1 unspecified atom stereocenters. The molecule has 1 aromatic rings. The van der Waals surface area contributed by atoms with Crippen LogP contribution in [0.15, 0.2) is 18.2 Å². The van der Waals surface area contributed by atoms with E-state index in [9.17, 15) is 0 Å². The van der Waals surface area contributed by atoms with Crippen molar-refractivity contribution < 1.29 is 9.47 Å². The highest BCUT2D eigenvalue weighted by molar-refractivity contribution is 9.09. The van der Waals surface area contributed by atoms with E-state index in [0.29, 0.717) is 0 Å². The van der Waals surface area contributed by atoms with Crippen LogP contribution in [0, 0.1) is 0 Å². The van der Waals surface area contributed by atoms with Crippen molar-refractivity contribution in [3.05, 3.63) is 29.3 Å². The molecule has 1 aliphatic heterocycles. The molecular formula is C11H13BrO2. The Labute approximate surface area is 92.3 Å². The number of halogens is 1. The molecule has 2 rings (SSSR count). The fourth-order valence-corrected chi connectivity index (χ4v) is 2.38. The highest BCUT2D eigenvalue weighted by Gasteiger charge is 2.23. The molecule has 2 nitrogen and oxygen atoms in total. The molecule has 3 heteroatoms. The van der Waals surface area contributed by atoms with E-state index in [4.69, 9.17) is 9.47 Å². The number of hydrogen-bond donors (Lipinski definition) is 0. The van der Waals surface area contributed by atoms with Gasteiger partial charge in [0.05, 0.1) is 19.8 Å². The van der Waals surface area contributed by atoms with E-state index in [0.717, 1.165) is 24.1 Å². The van der Waals surface area contributed by atoms with Gasteiger partial charge >= 0.3 is 0 Å². The van der Waals surface area contributed by atoms with E-state index >= 15 is 0 Å². The van der Waals surface area contributed by atoms with Gasteiger partial charge in [0, 0.05) is 10.9 Å². The Bertz CT molecular complexity index is 311. The zero-order chi connectivity index (χ0) is 9.97. The summed E-state index contributed by atoms with van der Waals surface area (Å²) in [6.45, 7) is 0.802. The maximum Gasteiger partial charge on any atom is 0.124 e. The second-order valence-corrected chi connectivity index (χ2v) is 3.94. The molecule has 0 saturated carbocycles. The lowest BCUT2D eigenvalue weighted by Crippen LogP contribution is -2.18. The van der Waals surface area contributed by atoms with Gasteiger partial charge in [-0.1, -0.05) is 28.1 Å². The van der Waals surface area contributed by atoms with Gasteiger partial charge in [-0.2, -0.15) is 0 Å². The molecule has 0 saturated heterocycles. The number of benzene rings is 1. The van der Waals surface area contributed by atoms with Gasteiger partial charge in [0.2, 0.25) is 0 Å². The predicted octanol–water partition coefficient (Wildman–Crippen LogP) is 2.70. The van der Waals surface area contributed by atoms with Crippen molar-refractivity contribution in [3.8, 4) is 5.75 Å². The van der Waals surface area contributed by atoms with Gasteiger partial charge in [-0.15, -0.1) is 0 Å². The lowest BCUT2D eigenvalue weighted by Gasteiger charge is -2.26. The molecule has 0 aromatic heterocycles. The van der Waals surface area contributed by atoms with Crippen LogP contribution in [0.25, 0.3) is 0 Å². The molecule has 0 bridgehead atoms. The fraction of sp³-hybridized carbons (Fsp3) is 0.455. The Morgan fingerprint density at radius 1 is 1.57 bits per heavy atom. The molecule has 1 heterocycles. The first-order chi connectivity index (χ1) is 6.86. The number of rotatable bonds is 2. The van der Waals surface area contributed by atoms with Gasteiger partial charge < -0.3 is 9.47 Å². The topological polar surface area (TPSA) is 18.5 Å². The minimum Gasteiger partial charge on any atom is -0.496 e. The van der Waals surface area contributed by atoms with Crippen molar-refractivity contribution in [3.63, 3.8) is 0 Å². The Kier molecular flexibility index (Phi) is 3.08. The van der Waals surface area contributed by atoms with Crippen LogP contribution in [-0.4, -0.2) is 19.0 Å². The Hall–Kier alpha value is -0.540. The van der Waals surface area contributed by atoms with Crippen LogP contribution in [-0.2, 0) is 11.2 Å². The first-order valence-corrected chi connectivity index (χ1v) is 5.82. The summed E-state index contributed by atoms with van der Waals surface area (Å²) in [5, 5.41) is 0.820. The molecule has 0 fully saturated rings. The van der Waals surface area contributed by atoms with Gasteiger partial charge in [-0.25, -0.2) is 0 Å². The third kappa shape index (κ3) is 1.66. The van der Waals surface area contributed by atoms with Crippen molar-refractivity contribution in [2.24, 2.45) is 0 Å². The molecule has 1 aliphatic rings. The maximum absolute atomic E-state index is 5.67. The Balaban J connectivity index is 2.46. The molecule has 0 N–H and O–H groups in total. The van der Waals surface area contributed by atoms with Crippen molar-refractivity contribution in [1.29, 1.82) is 0 Å². The van der Waals surface area contributed by atoms with Crippen LogP contribution < -0.4 is 4.74 Å². The molecular weight excluding hydrogens is 244 g/mol. The zero-order valence-electron chi connectivity index (χ0n) is 8.13. The zero-order valence-corrected chi connectivity index (χ0v) is 9.71. The number of ether oxygens (including phenoxy) is 2. The summed E-state index contributed by atoms with van der Waals surface area (Å²) >= 11 is 3.46. The van der Waals surface area contributed by atoms with E-state index in [1.807, 2.05) is 12.1 Å². The van der Waals surface area contributed by atoms with Crippen molar-refractivity contribution >= 4 is 15.9 Å². The van der Waals surface area contributed by atoms with E-state index in [1.54, 1.807) is 7.11 Å². The molecule has 14 heavy (non-hydrogen) atoms. The summed E-state index contributed by atoms with van der Waals surface area (Å²) in [7, 11) is 1.70. The lowest BCUT2D eigenvalue weighted by atomic mass is 9.97. The fourth-order valence-electron chi connectivity index (χ4n) is 1.87. The monoisotopic (exact) mass is 256 g/mol. The standard InChI is InChI=1S/C11H13BrO2/c1-13-9-4-2-3-8-5-6-14-10(7-12)11(8)9/h2-4,10H,5-7H2,1H3. The average molecular weight is 257 g/mol. The minimum atomic E-state index is 0.134. The van der Waals surface area contributed by atoms with Crippen LogP contribution >= 0.6 is 15.9 Å². The number of alkyl halides is 1. The molecule has 0 amide bonds. The van der Waals surface area contributed by atoms with E-state index in [-0.39, 0.29) is 6.10 Å². The van der Waals surface area contributed by atoms with Crippen LogP contribution in [0.5, 0.6) is 5.75 Å². The van der Waals surface area contributed by atoms with E-state index in [1.165, 1.54) is 11.1 Å². The third-order valence-electron chi connectivity index (χ3n) is 2.53. The lowest BCUT2D eigenvalue weighted by molar-refractivity contribution is 0.0575. The Morgan fingerprint density at radius 3 is 3.14 bits per heavy atom. The van der Waals surface area contributed by atoms with Crippen LogP contribution in [0.1, 0.15) is 17.2 Å². The second-order valence-electron chi connectivity index (χ2n) is 3.30. The number of hydrogen-bond acceptors (Lipinski definition) is 2. The molecule has 0 aliphatic carbocycles. The van der Waals surface area contributed by atoms with E-state index in [2.05, 4.69) is 22.0 Å². The normalized spacial score (nSPS) is 20.3. The first-order valence-electron chi connectivity index (χ1n) is 4.70. The first kappa shape index (κ1) is 9.99. The van der Waals surface area contributed by atoms with Gasteiger partial charge in [0.15, 0.2) is 0 Å². The highest BCUT2D eigenvalue weighted by Crippen LogP contribution is 2.35. The van der Waals surface area contributed by atoms with Crippen LogP contribution in [0.3, 0.4) is 0 Å². The molecule has 76 valence electrons. The summed E-state index contributed by atoms with van der Waals surface area (Å²) in [6, 6.07) is 6.17. The molecule has 1 aromatic carbocycles. The SMILES string of the molecule is COc1cccc2c1C(CBr)OCC2. The van der Waals surface area contributed by atoms with Crippen molar-refractivity contribution in [1.82, 2.24) is 0 Å². The van der Waals surface area contributed by atoms with Gasteiger partial charge in [0.1, 0.15) is 5.75 Å². The number of methoxy groups -OCH3 is 1. The largest absolute Gasteiger partial charge is 0.496 e. The van der Waals surface area contributed by atoms with Crippen LogP contribution in [0.2, 0.25) is 0 Å². The van der Waals surface area contributed by atoms with Gasteiger partial charge in [-0.05, 0) is 18.1 Å². The minimum absolute atomic E-state index is 0.134. The summed E-state index contributed by atoms with van der Waals surface area (Å²) in [4.78, 5) is 0. The van der Waals surface area contributed by atoms with Crippen LogP contribution in [0.4, 0.5) is 0 Å². The molecule has 1 atom stereocenters. The predicted molar refractivity (Wildman–Crippen MR) is 59.2 cm³/mol. The van der Waals surface area contributed by atoms with Gasteiger partial charge in [0.25, 0.3) is 0 Å². The summed E-state index contributed by atoms with van der Waals surface area (Å²) in [5.41, 5.74) is 2.55. The van der Waals surface area contributed by atoms with E-state index < -0.39 is 0 Å². The summed E-state index contributed by atoms with van der Waals surface area (Å²) < 4.78 is 11.0. The summed E-state index contributed by atoms with van der Waals surface area (Å²) in [6.07, 6.45) is 1.12. The smallest absolute Gasteiger partial charge is 0.124 e. The quantitative estimate of drug-likeness (QED) is 0.758. The number of fused-ring (bicyclic) bond motifs is 1. The average Bonchev–Trinajstić information content (AvgIpc) is 2.27. The summed E-state index contributed by atoms with van der Waals surface area (Å²) in [5.74, 6) is 0.937. The third-order valence-corrected chi connectivity index (χ3v) is 3.12. The highest BCUT2D eigenvalue weighted by atomic mass is 79.9. The van der Waals surface area contributed by atoms with Gasteiger partial charge in [-0.3, -0.25) is 0 Å². The Morgan fingerprint density at radius 2 is 2.43 bits per heavy atom.